The third-order valence-corrected chi connectivity index (χ3v) is 6.14. The van der Waals surface area contributed by atoms with E-state index in [4.69, 9.17) is 16.3 Å². The van der Waals surface area contributed by atoms with Crippen LogP contribution in [0.2, 0.25) is 5.02 Å². The summed E-state index contributed by atoms with van der Waals surface area (Å²) in [5.41, 5.74) is 1.05. The number of nitrogens with zero attached hydrogens (tertiary/aromatic N) is 3. The topological polar surface area (TPSA) is 120 Å². The Morgan fingerprint density at radius 3 is 2.71 bits per heavy atom. The molecule has 0 radical (unpaired) electrons. The summed E-state index contributed by atoms with van der Waals surface area (Å²) in [6.07, 6.45) is 3.44. The molecule has 0 spiro atoms. The summed E-state index contributed by atoms with van der Waals surface area (Å²) in [4.78, 5) is 38.8. The van der Waals surface area contributed by atoms with E-state index in [-0.39, 0.29) is 23.3 Å². The largest absolute Gasteiger partial charge is 0.457 e. The number of aliphatic hydroxyl groups is 1. The minimum Gasteiger partial charge on any atom is -0.457 e. The van der Waals surface area contributed by atoms with Crippen LogP contribution in [0.25, 0.3) is 11.0 Å². The standard InChI is InChI=1S/C25H22ClN5O4/c26-19-11-16(35-15-5-2-1-3-6-15)8-9-17(19)23(34)18-12-27-24-22(18)25(30-14-29-24)28-13-21(33)31-10-4-7-20(31)32/h1-3,5-6,8-9,11-12,14,20,32H,4,7,10,13H2,(H2,27,28,29,30). The van der Waals surface area contributed by atoms with Gasteiger partial charge in [0.05, 0.1) is 22.5 Å². The van der Waals surface area contributed by atoms with Gasteiger partial charge in [0.1, 0.15) is 35.5 Å². The number of fused-ring (bicyclic) bond motifs is 1. The van der Waals surface area contributed by atoms with Gasteiger partial charge in [-0.15, -0.1) is 0 Å². The average molecular weight is 492 g/mol. The number of aliphatic hydroxyl groups excluding tert-OH is 1. The van der Waals surface area contributed by atoms with Gasteiger partial charge in [-0.1, -0.05) is 29.8 Å². The lowest BCUT2D eigenvalue weighted by molar-refractivity contribution is -0.135. The van der Waals surface area contributed by atoms with Gasteiger partial charge >= 0.3 is 0 Å². The van der Waals surface area contributed by atoms with Crippen molar-refractivity contribution in [1.82, 2.24) is 19.9 Å². The predicted molar refractivity (Wildman–Crippen MR) is 131 cm³/mol. The summed E-state index contributed by atoms with van der Waals surface area (Å²) in [7, 11) is 0. The number of benzene rings is 2. The monoisotopic (exact) mass is 491 g/mol. The van der Waals surface area contributed by atoms with Gasteiger partial charge in [-0.3, -0.25) is 9.59 Å². The second-order valence-electron chi connectivity index (χ2n) is 8.10. The highest BCUT2D eigenvalue weighted by Gasteiger charge is 2.27. The van der Waals surface area contributed by atoms with Crippen molar-refractivity contribution in [2.24, 2.45) is 0 Å². The molecular weight excluding hydrogens is 470 g/mol. The molecule has 1 amide bonds. The Balaban J connectivity index is 1.39. The number of para-hydroxylation sites is 1. The fourth-order valence-corrected chi connectivity index (χ4v) is 4.35. The number of ether oxygens (including phenoxy) is 1. The van der Waals surface area contributed by atoms with Gasteiger partial charge in [0.15, 0.2) is 5.78 Å². The molecule has 1 fully saturated rings. The Hall–Kier alpha value is -3.95. The fraction of sp³-hybridized carbons (Fsp3) is 0.200. The van der Waals surface area contributed by atoms with E-state index in [9.17, 15) is 14.7 Å². The number of amides is 1. The zero-order valence-electron chi connectivity index (χ0n) is 18.6. The molecule has 2 aromatic carbocycles. The number of anilines is 1. The Kier molecular flexibility index (Phi) is 6.35. The summed E-state index contributed by atoms with van der Waals surface area (Å²) in [6, 6.07) is 14.1. The zero-order chi connectivity index (χ0) is 24.4. The Morgan fingerprint density at radius 2 is 1.97 bits per heavy atom. The molecule has 1 aliphatic rings. The van der Waals surface area contributed by atoms with Crippen molar-refractivity contribution in [2.45, 2.75) is 19.1 Å². The lowest BCUT2D eigenvalue weighted by Gasteiger charge is -2.20. The number of carbonyl (C=O) groups excluding carboxylic acids is 2. The quantitative estimate of drug-likeness (QED) is 0.334. The molecule has 0 saturated carbocycles. The number of hydrogen-bond acceptors (Lipinski definition) is 7. The molecule has 0 aliphatic carbocycles. The van der Waals surface area contributed by atoms with E-state index in [0.29, 0.717) is 52.4 Å². The second-order valence-corrected chi connectivity index (χ2v) is 8.50. The number of hydrogen-bond donors (Lipinski definition) is 3. The fourth-order valence-electron chi connectivity index (χ4n) is 4.09. The van der Waals surface area contributed by atoms with Crippen LogP contribution in [0.15, 0.2) is 61.1 Å². The van der Waals surface area contributed by atoms with Crippen molar-refractivity contribution < 1.29 is 19.4 Å². The number of H-pyrrole nitrogens is 1. The van der Waals surface area contributed by atoms with Crippen molar-refractivity contribution >= 4 is 40.1 Å². The highest BCUT2D eigenvalue weighted by atomic mass is 35.5. The predicted octanol–water partition coefficient (Wildman–Crippen LogP) is 3.99. The van der Waals surface area contributed by atoms with Gasteiger partial charge < -0.3 is 25.0 Å². The molecule has 1 aliphatic heterocycles. The first-order chi connectivity index (χ1) is 17.0. The maximum Gasteiger partial charge on any atom is 0.243 e. The molecule has 2 aromatic heterocycles. The van der Waals surface area contributed by atoms with E-state index in [2.05, 4.69) is 20.3 Å². The molecule has 3 N–H and O–H groups in total. The van der Waals surface area contributed by atoms with Crippen molar-refractivity contribution in [1.29, 1.82) is 0 Å². The van der Waals surface area contributed by atoms with Crippen LogP contribution in [0, 0.1) is 0 Å². The molecule has 0 bridgehead atoms. The van der Waals surface area contributed by atoms with Crippen LogP contribution < -0.4 is 10.1 Å². The second kappa shape index (κ2) is 9.73. The third kappa shape index (κ3) is 4.68. The number of rotatable bonds is 7. The van der Waals surface area contributed by atoms with Crippen LogP contribution in [0.3, 0.4) is 0 Å². The third-order valence-electron chi connectivity index (χ3n) is 5.83. The molecular formula is C25H22ClN5O4. The Bertz CT molecular complexity index is 1390. The molecule has 1 unspecified atom stereocenters. The first-order valence-corrected chi connectivity index (χ1v) is 11.5. The van der Waals surface area contributed by atoms with Gasteiger partial charge in [0.2, 0.25) is 5.91 Å². The van der Waals surface area contributed by atoms with Crippen molar-refractivity contribution in [2.75, 3.05) is 18.4 Å². The first kappa shape index (κ1) is 22.8. The van der Waals surface area contributed by atoms with Gasteiger partial charge in [0.25, 0.3) is 0 Å². The molecule has 1 atom stereocenters. The Morgan fingerprint density at radius 1 is 1.14 bits per heavy atom. The smallest absolute Gasteiger partial charge is 0.243 e. The van der Waals surface area contributed by atoms with Gasteiger partial charge in [-0.05, 0) is 37.1 Å². The van der Waals surface area contributed by atoms with E-state index >= 15 is 0 Å². The SMILES string of the molecule is O=C(c1ccc(Oc2ccccc2)cc1Cl)c1c[nH]c2ncnc(NCC(=O)N3CCCC3O)c12. The maximum atomic E-state index is 13.4. The van der Waals surface area contributed by atoms with E-state index in [1.165, 1.54) is 11.2 Å². The van der Waals surface area contributed by atoms with Crippen LogP contribution >= 0.6 is 11.6 Å². The van der Waals surface area contributed by atoms with Crippen LogP contribution in [0.5, 0.6) is 11.5 Å². The summed E-state index contributed by atoms with van der Waals surface area (Å²) in [6.45, 7) is 0.436. The number of nitrogens with one attached hydrogen (secondary N) is 2. The van der Waals surface area contributed by atoms with Crippen LogP contribution in [-0.2, 0) is 4.79 Å². The summed E-state index contributed by atoms with van der Waals surface area (Å²) < 4.78 is 5.79. The summed E-state index contributed by atoms with van der Waals surface area (Å²) >= 11 is 6.46. The lowest BCUT2D eigenvalue weighted by Crippen LogP contribution is -2.39. The normalized spacial score (nSPS) is 15.4. The van der Waals surface area contributed by atoms with Crippen LogP contribution in [-0.4, -0.2) is 56.0 Å². The average Bonchev–Trinajstić information content (AvgIpc) is 3.49. The van der Waals surface area contributed by atoms with Crippen molar-refractivity contribution in [3.8, 4) is 11.5 Å². The molecule has 5 rings (SSSR count). The molecule has 1 saturated heterocycles. The first-order valence-electron chi connectivity index (χ1n) is 11.1. The summed E-state index contributed by atoms with van der Waals surface area (Å²) in [5.74, 6) is 0.920. The van der Waals surface area contributed by atoms with Gasteiger partial charge in [-0.25, -0.2) is 9.97 Å². The van der Waals surface area contributed by atoms with Gasteiger partial charge in [0, 0.05) is 24.4 Å². The molecule has 10 heteroatoms. The number of halogens is 1. The number of aromatic amines is 1. The van der Waals surface area contributed by atoms with Crippen LogP contribution in [0.4, 0.5) is 5.82 Å². The zero-order valence-corrected chi connectivity index (χ0v) is 19.3. The molecule has 4 aromatic rings. The van der Waals surface area contributed by atoms with E-state index in [1.54, 1.807) is 24.4 Å². The Labute approximate surface area is 205 Å². The minimum absolute atomic E-state index is 0.0751. The van der Waals surface area contributed by atoms with E-state index in [0.717, 1.165) is 6.42 Å². The molecule has 178 valence electrons. The van der Waals surface area contributed by atoms with Crippen LogP contribution in [0.1, 0.15) is 28.8 Å². The van der Waals surface area contributed by atoms with E-state index < -0.39 is 6.23 Å². The molecule has 9 nitrogen and oxygen atoms in total. The highest BCUT2D eigenvalue weighted by Crippen LogP contribution is 2.31. The summed E-state index contributed by atoms with van der Waals surface area (Å²) in [5, 5.41) is 13.6. The number of aromatic nitrogens is 3. The number of carbonyl (C=O) groups is 2. The molecule has 35 heavy (non-hydrogen) atoms. The van der Waals surface area contributed by atoms with Crippen molar-refractivity contribution in [3.63, 3.8) is 0 Å². The number of ketones is 1. The molecule has 3 heterocycles. The van der Waals surface area contributed by atoms with E-state index in [1.807, 2.05) is 30.3 Å². The van der Waals surface area contributed by atoms with Gasteiger partial charge in [-0.2, -0.15) is 0 Å². The maximum absolute atomic E-state index is 13.4. The van der Waals surface area contributed by atoms with Crippen molar-refractivity contribution in [3.05, 3.63) is 77.2 Å². The lowest BCUT2D eigenvalue weighted by atomic mass is 10.0. The number of likely N-dealkylation sites (tertiary alicyclic amines) is 1. The highest BCUT2D eigenvalue weighted by molar-refractivity contribution is 6.35. The minimum atomic E-state index is -0.768.